The van der Waals surface area contributed by atoms with Crippen LogP contribution in [0.25, 0.3) is 11.0 Å². The summed E-state index contributed by atoms with van der Waals surface area (Å²) in [5, 5.41) is 9.45. The van der Waals surface area contributed by atoms with Gasteiger partial charge in [-0.25, -0.2) is 4.09 Å². The summed E-state index contributed by atoms with van der Waals surface area (Å²) in [7, 11) is 0. The van der Waals surface area contributed by atoms with Gasteiger partial charge in [0.05, 0.1) is 21.1 Å². The number of aromatic amines is 1. The van der Waals surface area contributed by atoms with E-state index in [-0.39, 0.29) is 5.41 Å². The van der Waals surface area contributed by atoms with Crippen LogP contribution >= 0.6 is 34.7 Å². The maximum atomic E-state index is 10.6. The zero-order valence-corrected chi connectivity index (χ0v) is 15.0. The largest absolute Gasteiger partial charge is 0.329 e. The number of rotatable bonds is 5. The minimum atomic E-state index is 0.0753. The summed E-state index contributed by atoms with van der Waals surface area (Å²) in [5.74, 6) is 0. The first-order valence-electron chi connectivity index (χ1n) is 7.53. The van der Waals surface area contributed by atoms with Gasteiger partial charge in [0.2, 0.25) is 6.41 Å². The molecule has 4 nitrogen and oxygen atoms in total. The number of aromatic nitrogens is 2. The van der Waals surface area contributed by atoms with Crippen molar-refractivity contribution in [1.29, 1.82) is 0 Å². The van der Waals surface area contributed by atoms with Crippen LogP contribution in [0.3, 0.4) is 0 Å². The number of halogens is 2. The number of hydrogen-bond acceptors (Lipinski definition) is 1. The van der Waals surface area contributed by atoms with Gasteiger partial charge < -0.3 is 5.32 Å². The Morgan fingerprint density at radius 3 is 2.71 bits per heavy atom. The average molecular weight is 380 g/mol. The fourth-order valence-electron chi connectivity index (χ4n) is 2.77. The molecule has 3 aromatic rings. The third-order valence-corrected chi connectivity index (χ3v) is 6.28. The molecule has 1 heterocycles. The second-order valence-electron chi connectivity index (χ2n) is 5.95. The number of thiol groups is 1. The van der Waals surface area contributed by atoms with Gasteiger partial charge in [-0.15, -0.1) is 0 Å². The Morgan fingerprint density at radius 1 is 1.17 bits per heavy atom. The molecule has 1 aliphatic carbocycles. The molecule has 0 spiro atoms. The van der Waals surface area contributed by atoms with E-state index in [1.165, 1.54) is 5.56 Å². The SMILES string of the molecule is O=CNc1ccc2[nH]n(/[SH]=C/C3(c4ccc(Cl)c(Cl)c4)CC3)c2c1. The van der Waals surface area contributed by atoms with E-state index in [1.807, 2.05) is 34.4 Å². The summed E-state index contributed by atoms with van der Waals surface area (Å²) >= 11 is 13.2. The van der Waals surface area contributed by atoms with Crippen molar-refractivity contribution in [3.63, 3.8) is 0 Å². The molecule has 24 heavy (non-hydrogen) atoms. The van der Waals surface area contributed by atoms with E-state index in [0.717, 1.165) is 41.1 Å². The number of anilines is 1. The summed E-state index contributed by atoms with van der Waals surface area (Å²) in [4.78, 5) is 10.6. The Balaban J connectivity index is 1.61. The van der Waals surface area contributed by atoms with Gasteiger partial charge in [0.1, 0.15) is 0 Å². The van der Waals surface area contributed by atoms with Crippen molar-refractivity contribution in [3.8, 4) is 0 Å². The van der Waals surface area contributed by atoms with Crippen molar-refractivity contribution >= 4 is 63.2 Å². The molecule has 1 saturated carbocycles. The second kappa shape index (κ2) is 5.99. The standard InChI is InChI=1S/C17H15Cl2N3OS/c18-13-3-1-11(7-14(13)19)17(5-6-17)9-24-22-16-8-12(20-10-23)2-4-15(16)21-22/h1-4,7-10,21,24H,5-6H2,(H,20,23). The van der Waals surface area contributed by atoms with Crippen molar-refractivity contribution in [1.82, 2.24) is 9.19 Å². The molecule has 0 saturated heterocycles. The zero-order valence-electron chi connectivity index (χ0n) is 12.6. The minimum Gasteiger partial charge on any atom is -0.329 e. The van der Waals surface area contributed by atoms with Crippen LogP contribution in [0.15, 0.2) is 36.4 Å². The molecular formula is C17H15Cl2N3OS. The molecule has 4 rings (SSSR count). The van der Waals surface area contributed by atoms with Crippen molar-refractivity contribution in [2.75, 3.05) is 5.32 Å². The van der Waals surface area contributed by atoms with Gasteiger partial charge in [-0.1, -0.05) is 40.8 Å². The van der Waals surface area contributed by atoms with E-state index in [0.29, 0.717) is 16.5 Å². The number of hydrogen-bond donors (Lipinski definition) is 3. The molecule has 2 N–H and O–H groups in total. The molecule has 124 valence electrons. The molecule has 0 radical (unpaired) electrons. The predicted octanol–water partition coefficient (Wildman–Crippen LogP) is 4.61. The van der Waals surface area contributed by atoms with Crippen LogP contribution in [0, 0.1) is 0 Å². The molecule has 1 fully saturated rings. The fraction of sp³-hybridized carbons (Fsp3) is 0.176. The highest BCUT2D eigenvalue weighted by molar-refractivity contribution is 7.96. The second-order valence-corrected chi connectivity index (χ2v) is 7.65. The van der Waals surface area contributed by atoms with E-state index in [9.17, 15) is 4.79 Å². The third-order valence-electron chi connectivity index (χ3n) is 4.38. The van der Waals surface area contributed by atoms with Gasteiger partial charge in [0.15, 0.2) is 0 Å². The van der Waals surface area contributed by atoms with Crippen LogP contribution in [-0.2, 0) is 10.2 Å². The first-order valence-corrected chi connectivity index (χ1v) is 9.20. The molecule has 7 heteroatoms. The number of amides is 1. The van der Waals surface area contributed by atoms with Crippen LogP contribution < -0.4 is 5.32 Å². The van der Waals surface area contributed by atoms with E-state index in [1.54, 1.807) is 0 Å². The maximum absolute atomic E-state index is 10.6. The summed E-state index contributed by atoms with van der Waals surface area (Å²) in [6.45, 7) is 0. The maximum Gasteiger partial charge on any atom is 0.211 e. The van der Waals surface area contributed by atoms with Crippen molar-refractivity contribution in [2.24, 2.45) is 0 Å². The van der Waals surface area contributed by atoms with Gasteiger partial charge in [-0.3, -0.25) is 9.89 Å². The van der Waals surface area contributed by atoms with Crippen LogP contribution in [0.4, 0.5) is 5.69 Å². The number of carbonyl (C=O) groups excluding carboxylic acids is 1. The molecule has 0 atom stereocenters. The van der Waals surface area contributed by atoms with E-state index in [4.69, 9.17) is 23.2 Å². The van der Waals surface area contributed by atoms with Gasteiger partial charge >= 0.3 is 0 Å². The van der Waals surface area contributed by atoms with Gasteiger partial charge in [-0.2, -0.15) is 0 Å². The lowest BCUT2D eigenvalue weighted by Crippen LogP contribution is -2.10. The molecular weight excluding hydrogens is 365 g/mol. The Hall–Kier alpha value is -1.69. The van der Waals surface area contributed by atoms with Crippen molar-refractivity contribution < 1.29 is 4.79 Å². The lowest BCUT2D eigenvalue weighted by atomic mass is 9.99. The topological polar surface area (TPSA) is 49.8 Å². The Morgan fingerprint density at radius 2 is 2.00 bits per heavy atom. The molecule has 0 bridgehead atoms. The summed E-state index contributed by atoms with van der Waals surface area (Å²) < 4.78 is 2.04. The number of nitrogens with one attached hydrogen (secondary N) is 2. The number of benzene rings is 2. The minimum absolute atomic E-state index is 0.0753. The molecule has 0 aliphatic heterocycles. The summed E-state index contributed by atoms with van der Waals surface area (Å²) in [5.41, 5.74) is 4.21. The average Bonchev–Trinajstić information content (AvgIpc) is 3.34. The van der Waals surface area contributed by atoms with E-state index in [2.05, 4.69) is 21.8 Å². The molecule has 1 aromatic heterocycles. The number of carbonyl (C=O) groups is 1. The molecule has 1 amide bonds. The smallest absolute Gasteiger partial charge is 0.211 e. The van der Waals surface area contributed by atoms with E-state index < -0.39 is 0 Å². The molecule has 2 aromatic carbocycles. The van der Waals surface area contributed by atoms with Gasteiger partial charge in [-0.05, 0) is 54.1 Å². The summed E-state index contributed by atoms with van der Waals surface area (Å²) in [6.07, 6.45) is 2.92. The zero-order chi connectivity index (χ0) is 16.7. The number of fused-ring (bicyclic) bond motifs is 1. The first kappa shape index (κ1) is 15.8. The fourth-order valence-corrected chi connectivity index (χ4v) is 4.27. The summed E-state index contributed by atoms with van der Waals surface area (Å²) in [6, 6.07) is 11.7. The number of nitrogens with zero attached hydrogens (tertiary/aromatic N) is 1. The Labute approximate surface area is 152 Å². The molecule has 0 unspecified atom stereocenters. The Kier molecular flexibility index (Phi) is 3.95. The quantitative estimate of drug-likeness (QED) is 0.338. The van der Waals surface area contributed by atoms with Gasteiger partial charge in [0.25, 0.3) is 0 Å². The first-order chi connectivity index (χ1) is 11.6. The lowest BCUT2D eigenvalue weighted by Gasteiger charge is -2.16. The lowest BCUT2D eigenvalue weighted by molar-refractivity contribution is -0.105. The van der Waals surface area contributed by atoms with Crippen LogP contribution in [0.2, 0.25) is 10.0 Å². The van der Waals surface area contributed by atoms with Crippen LogP contribution in [0.5, 0.6) is 0 Å². The van der Waals surface area contributed by atoms with Crippen molar-refractivity contribution in [3.05, 3.63) is 52.0 Å². The monoisotopic (exact) mass is 379 g/mol. The highest BCUT2D eigenvalue weighted by atomic mass is 35.5. The third kappa shape index (κ3) is 2.77. The normalized spacial score (nSPS) is 16.2. The predicted molar refractivity (Wildman–Crippen MR) is 104 cm³/mol. The van der Waals surface area contributed by atoms with Gasteiger partial charge in [0, 0.05) is 11.1 Å². The molecule has 1 aliphatic rings. The number of H-pyrrole nitrogens is 1. The van der Waals surface area contributed by atoms with E-state index >= 15 is 0 Å². The Bertz CT molecular complexity index is 956. The van der Waals surface area contributed by atoms with Crippen LogP contribution in [-0.4, -0.2) is 21.0 Å². The highest BCUT2D eigenvalue weighted by Gasteiger charge is 2.42. The van der Waals surface area contributed by atoms with Crippen molar-refractivity contribution in [2.45, 2.75) is 18.3 Å². The highest BCUT2D eigenvalue weighted by Crippen LogP contribution is 2.48. The van der Waals surface area contributed by atoms with Crippen LogP contribution in [0.1, 0.15) is 18.4 Å².